The highest BCUT2D eigenvalue weighted by atomic mass is 19.1. The van der Waals surface area contributed by atoms with Gasteiger partial charge in [-0.2, -0.15) is 5.26 Å². The van der Waals surface area contributed by atoms with E-state index in [1.165, 1.54) is 0 Å². The molecule has 2 atom stereocenters. The van der Waals surface area contributed by atoms with E-state index in [0.717, 1.165) is 16.5 Å². The van der Waals surface area contributed by atoms with Gasteiger partial charge in [-0.15, -0.1) is 0 Å². The number of fused-ring (bicyclic) bond motifs is 1. The highest BCUT2D eigenvalue weighted by Gasteiger charge is 2.29. The Bertz CT molecular complexity index is 977. The minimum Gasteiger partial charge on any atom is -0.469 e. The van der Waals surface area contributed by atoms with E-state index in [9.17, 15) is 9.65 Å². The Morgan fingerprint density at radius 3 is 2.96 bits per heavy atom. The van der Waals surface area contributed by atoms with Gasteiger partial charge in [-0.25, -0.2) is 14.4 Å². The third-order valence-electron chi connectivity index (χ3n) is 4.36. The van der Waals surface area contributed by atoms with Gasteiger partial charge in [0.05, 0.1) is 23.0 Å². The van der Waals surface area contributed by atoms with Crippen LogP contribution < -0.4 is 10.1 Å². The van der Waals surface area contributed by atoms with Crippen LogP contribution in [0.4, 0.5) is 4.39 Å². The number of halogens is 1. The summed E-state index contributed by atoms with van der Waals surface area (Å²) in [5.74, 6) is 0.345. The van der Waals surface area contributed by atoms with Crippen molar-refractivity contribution in [2.75, 3.05) is 13.1 Å². The molecule has 4 rings (SSSR count). The zero-order valence-corrected chi connectivity index (χ0v) is 13.6. The molecule has 0 spiro atoms. The van der Waals surface area contributed by atoms with Gasteiger partial charge in [-0.05, 0) is 13.0 Å². The van der Waals surface area contributed by atoms with Gasteiger partial charge < -0.3 is 15.0 Å². The van der Waals surface area contributed by atoms with Gasteiger partial charge >= 0.3 is 0 Å². The number of hydrogen-bond acceptors (Lipinski definition) is 5. The van der Waals surface area contributed by atoms with Crippen molar-refractivity contribution in [3.8, 4) is 23.2 Å². The number of nitriles is 1. The van der Waals surface area contributed by atoms with Crippen LogP contribution in [0.3, 0.4) is 0 Å². The Morgan fingerprint density at radius 1 is 1.36 bits per heavy atom. The Hall–Kier alpha value is -2.98. The molecule has 7 heteroatoms. The summed E-state index contributed by atoms with van der Waals surface area (Å²) in [7, 11) is 0. The quantitative estimate of drug-likeness (QED) is 0.767. The van der Waals surface area contributed by atoms with Gasteiger partial charge in [0, 0.05) is 30.2 Å². The second kappa shape index (κ2) is 6.15. The van der Waals surface area contributed by atoms with Crippen molar-refractivity contribution < 1.29 is 9.13 Å². The van der Waals surface area contributed by atoms with Crippen LogP contribution in [0, 0.1) is 18.3 Å². The normalized spacial score (nSPS) is 19.9. The lowest BCUT2D eigenvalue weighted by Gasteiger charge is -2.15. The molecule has 1 fully saturated rings. The zero-order chi connectivity index (χ0) is 17.4. The van der Waals surface area contributed by atoms with Crippen molar-refractivity contribution in [3.05, 3.63) is 41.9 Å². The average Bonchev–Trinajstić information content (AvgIpc) is 3.23. The zero-order valence-electron chi connectivity index (χ0n) is 13.6. The van der Waals surface area contributed by atoms with Crippen LogP contribution in [0.1, 0.15) is 11.3 Å². The molecule has 1 aliphatic rings. The summed E-state index contributed by atoms with van der Waals surface area (Å²) in [5.41, 5.74) is 3.49. The van der Waals surface area contributed by atoms with E-state index in [2.05, 4.69) is 26.3 Å². The van der Waals surface area contributed by atoms with Gasteiger partial charge in [0.2, 0.25) is 5.88 Å². The van der Waals surface area contributed by atoms with Crippen LogP contribution in [0.5, 0.6) is 5.88 Å². The lowest BCUT2D eigenvalue weighted by atomic mass is 10.1. The van der Waals surface area contributed by atoms with Crippen LogP contribution in [0.15, 0.2) is 30.6 Å². The molecule has 0 aliphatic carbocycles. The Kier molecular flexibility index (Phi) is 3.82. The SMILES string of the molecule is Cc1nc(-c2c[nH]c3c(C#N)cccc23)cnc1O[C@@H]1CNC[C@@H]1F. The van der Waals surface area contributed by atoms with E-state index >= 15 is 0 Å². The first kappa shape index (κ1) is 15.5. The van der Waals surface area contributed by atoms with E-state index < -0.39 is 12.3 Å². The Balaban J connectivity index is 1.68. The summed E-state index contributed by atoms with van der Waals surface area (Å²) in [4.78, 5) is 12.0. The van der Waals surface area contributed by atoms with E-state index in [4.69, 9.17) is 4.74 Å². The van der Waals surface area contributed by atoms with Crippen LogP contribution in [-0.2, 0) is 0 Å². The number of aromatic nitrogens is 3. The predicted octanol–water partition coefficient (Wildman–Crippen LogP) is 2.49. The van der Waals surface area contributed by atoms with Gasteiger partial charge in [-0.3, -0.25) is 0 Å². The standard InChI is InChI=1S/C18H16FN5O/c1-10-18(25-16-9-21-7-14(16)19)23-8-15(24-10)13-6-22-17-11(5-20)3-2-4-12(13)17/h2-4,6,8,14,16,21-22H,7,9H2,1H3/t14-,16+/m0/s1. The number of aryl methyl sites for hydroxylation is 1. The smallest absolute Gasteiger partial charge is 0.235 e. The Labute approximate surface area is 143 Å². The molecule has 6 nitrogen and oxygen atoms in total. The molecule has 3 aromatic rings. The molecule has 126 valence electrons. The molecule has 0 bridgehead atoms. The maximum atomic E-state index is 13.7. The molecule has 1 aliphatic heterocycles. The number of nitrogens with zero attached hydrogens (tertiary/aromatic N) is 3. The molecule has 3 heterocycles. The summed E-state index contributed by atoms with van der Waals surface area (Å²) >= 11 is 0. The largest absolute Gasteiger partial charge is 0.469 e. The molecule has 0 radical (unpaired) electrons. The number of para-hydroxylation sites is 1. The van der Waals surface area contributed by atoms with Crippen LogP contribution in [0.2, 0.25) is 0 Å². The van der Waals surface area contributed by atoms with Crippen LogP contribution in [0.25, 0.3) is 22.2 Å². The molecule has 2 N–H and O–H groups in total. The number of hydrogen-bond donors (Lipinski definition) is 2. The number of benzene rings is 1. The highest BCUT2D eigenvalue weighted by Crippen LogP contribution is 2.30. The van der Waals surface area contributed by atoms with E-state index in [-0.39, 0.29) is 0 Å². The molecule has 25 heavy (non-hydrogen) atoms. The van der Waals surface area contributed by atoms with Crippen LogP contribution in [-0.4, -0.2) is 40.3 Å². The number of aromatic amines is 1. The highest BCUT2D eigenvalue weighted by molar-refractivity contribution is 5.97. The van der Waals surface area contributed by atoms with Crippen molar-refractivity contribution in [2.45, 2.75) is 19.2 Å². The second-order valence-electron chi connectivity index (χ2n) is 6.02. The summed E-state index contributed by atoms with van der Waals surface area (Å²) in [6.45, 7) is 2.55. The topological polar surface area (TPSA) is 86.6 Å². The van der Waals surface area contributed by atoms with Gasteiger partial charge in [0.15, 0.2) is 6.17 Å². The minimum absolute atomic E-state index is 0.297. The van der Waals surface area contributed by atoms with E-state index in [1.54, 1.807) is 19.2 Å². The fourth-order valence-electron chi connectivity index (χ4n) is 3.06. The Morgan fingerprint density at radius 2 is 2.24 bits per heavy atom. The first-order valence-electron chi connectivity index (χ1n) is 8.03. The number of rotatable bonds is 3. The lowest BCUT2D eigenvalue weighted by Crippen LogP contribution is -2.27. The third-order valence-corrected chi connectivity index (χ3v) is 4.36. The van der Waals surface area contributed by atoms with Gasteiger partial charge in [0.1, 0.15) is 17.9 Å². The third kappa shape index (κ3) is 2.71. The monoisotopic (exact) mass is 337 g/mol. The molecule has 1 aromatic carbocycles. The minimum atomic E-state index is -1.04. The number of ether oxygens (including phenoxy) is 1. The second-order valence-corrected chi connectivity index (χ2v) is 6.02. The molecule has 0 amide bonds. The fraction of sp³-hybridized carbons (Fsp3) is 0.278. The van der Waals surface area contributed by atoms with Gasteiger partial charge in [0.25, 0.3) is 0 Å². The molecule has 1 saturated heterocycles. The molecule has 0 saturated carbocycles. The summed E-state index contributed by atoms with van der Waals surface area (Å²) in [5, 5.41) is 13.1. The number of H-pyrrole nitrogens is 1. The maximum absolute atomic E-state index is 13.7. The first-order chi connectivity index (χ1) is 12.2. The molecule has 2 aromatic heterocycles. The summed E-state index contributed by atoms with van der Waals surface area (Å²) in [6.07, 6.45) is 1.84. The first-order valence-corrected chi connectivity index (χ1v) is 8.03. The summed E-state index contributed by atoms with van der Waals surface area (Å²) in [6, 6.07) is 7.70. The lowest BCUT2D eigenvalue weighted by molar-refractivity contribution is 0.133. The maximum Gasteiger partial charge on any atom is 0.235 e. The van der Waals surface area contributed by atoms with E-state index in [1.807, 2.05) is 18.3 Å². The molecular formula is C18H16FN5O. The van der Waals surface area contributed by atoms with Crippen molar-refractivity contribution in [3.63, 3.8) is 0 Å². The van der Waals surface area contributed by atoms with Crippen molar-refractivity contribution in [2.24, 2.45) is 0 Å². The van der Waals surface area contributed by atoms with Crippen molar-refractivity contribution in [1.29, 1.82) is 5.26 Å². The number of alkyl halides is 1. The van der Waals surface area contributed by atoms with Crippen molar-refractivity contribution >= 4 is 10.9 Å². The van der Waals surface area contributed by atoms with E-state index in [0.29, 0.717) is 35.9 Å². The summed E-state index contributed by atoms with van der Waals surface area (Å²) < 4.78 is 19.3. The number of nitrogens with one attached hydrogen (secondary N) is 2. The fourth-order valence-corrected chi connectivity index (χ4v) is 3.06. The average molecular weight is 337 g/mol. The van der Waals surface area contributed by atoms with Crippen molar-refractivity contribution in [1.82, 2.24) is 20.3 Å². The molecular weight excluding hydrogens is 321 g/mol. The molecule has 0 unspecified atom stereocenters. The van der Waals surface area contributed by atoms with Gasteiger partial charge in [-0.1, -0.05) is 12.1 Å². The predicted molar refractivity (Wildman–Crippen MR) is 91.0 cm³/mol. The van der Waals surface area contributed by atoms with Crippen LogP contribution >= 0.6 is 0 Å².